The molecule has 0 fully saturated rings. The van der Waals surface area contributed by atoms with Crippen molar-refractivity contribution in [3.05, 3.63) is 46.4 Å². The Labute approximate surface area is 173 Å². The van der Waals surface area contributed by atoms with Gasteiger partial charge in [0, 0.05) is 5.02 Å². The Bertz CT molecular complexity index is 1000. The maximum Gasteiger partial charge on any atom is 0.342 e. The van der Waals surface area contributed by atoms with Gasteiger partial charge < -0.3 is 24.5 Å². The maximum absolute atomic E-state index is 12.2. The normalized spacial score (nSPS) is 12.1. The number of furan rings is 1. The zero-order valence-corrected chi connectivity index (χ0v) is 17.4. The van der Waals surface area contributed by atoms with Crippen molar-refractivity contribution in [3.63, 3.8) is 0 Å². The standard InChI is InChI=1S/C20H23ClN4O4/c1-4-27-20(26)16-12(2)29-19-17(16)18(22)23-15(24-19)11-25(3)9-10-28-14-7-5-13(21)6-8-14/h5-8H,4,9-11H2,1-3H3,(H2,22,23,24)/p+1. The van der Waals surface area contributed by atoms with Crippen molar-refractivity contribution in [2.45, 2.75) is 20.4 Å². The average Bonchev–Trinajstić information content (AvgIpc) is 3.00. The van der Waals surface area contributed by atoms with Crippen LogP contribution in [-0.4, -0.2) is 42.7 Å². The lowest BCUT2D eigenvalue weighted by molar-refractivity contribution is -0.894. The summed E-state index contributed by atoms with van der Waals surface area (Å²) < 4.78 is 16.4. The monoisotopic (exact) mass is 419 g/mol. The summed E-state index contributed by atoms with van der Waals surface area (Å²) in [6, 6.07) is 7.23. The largest absolute Gasteiger partial charge is 0.488 e. The summed E-state index contributed by atoms with van der Waals surface area (Å²) in [5, 5.41) is 1.07. The number of benzene rings is 1. The highest BCUT2D eigenvalue weighted by molar-refractivity contribution is 6.30. The Morgan fingerprint density at radius 2 is 2.00 bits per heavy atom. The van der Waals surface area contributed by atoms with Gasteiger partial charge in [0.1, 0.15) is 42.6 Å². The molecule has 1 unspecified atom stereocenters. The van der Waals surface area contributed by atoms with Gasteiger partial charge in [-0.25, -0.2) is 9.78 Å². The van der Waals surface area contributed by atoms with Gasteiger partial charge in [-0.3, -0.25) is 0 Å². The number of esters is 1. The van der Waals surface area contributed by atoms with E-state index >= 15 is 0 Å². The molecule has 3 rings (SSSR count). The molecular formula is C20H24ClN4O4+. The summed E-state index contributed by atoms with van der Waals surface area (Å²) in [7, 11) is 2.01. The van der Waals surface area contributed by atoms with Gasteiger partial charge >= 0.3 is 5.97 Å². The minimum atomic E-state index is -0.492. The highest BCUT2D eigenvalue weighted by Crippen LogP contribution is 2.28. The van der Waals surface area contributed by atoms with Gasteiger partial charge in [0.05, 0.1) is 19.0 Å². The third-order valence-corrected chi connectivity index (χ3v) is 4.60. The second kappa shape index (κ2) is 9.11. The third-order valence-electron chi connectivity index (χ3n) is 4.35. The number of quaternary nitrogens is 1. The first-order valence-electron chi connectivity index (χ1n) is 9.31. The molecule has 29 heavy (non-hydrogen) atoms. The van der Waals surface area contributed by atoms with Gasteiger partial charge in [0.15, 0.2) is 5.82 Å². The number of hydrogen-bond acceptors (Lipinski definition) is 7. The summed E-state index contributed by atoms with van der Waals surface area (Å²) in [5.74, 6) is 1.42. The van der Waals surface area contributed by atoms with Gasteiger partial charge in [0.25, 0.3) is 0 Å². The first kappa shape index (κ1) is 20.9. The Hall–Kier alpha value is -2.84. The molecule has 0 bridgehead atoms. The van der Waals surface area contributed by atoms with Gasteiger partial charge in [-0.05, 0) is 38.1 Å². The number of nitrogens with two attached hydrogens (primary N) is 1. The molecule has 8 nitrogen and oxygen atoms in total. The first-order chi connectivity index (χ1) is 13.9. The van der Waals surface area contributed by atoms with Gasteiger partial charge in [0.2, 0.25) is 5.71 Å². The number of anilines is 1. The van der Waals surface area contributed by atoms with Crippen LogP contribution in [0.25, 0.3) is 11.1 Å². The second-order valence-corrected chi connectivity index (χ2v) is 7.08. The van der Waals surface area contributed by atoms with E-state index in [0.717, 1.165) is 17.2 Å². The van der Waals surface area contributed by atoms with Crippen LogP contribution in [0, 0.1) is 6.92 Å². The molecule has 1 atom stereocenters. The van der Waals surface area contributed by atoms with Crippen molar-refractivity contribution >= 4 is 34.5 Å². The van der Waals surface area contributed by atoms with Gasteiger partial charge in [-0.15, -0.1) is 0 Å². The van der Waals surface area contributed by atoms with Crippen molar-refractivity contribution < 1.29 is 23.6 Å². The number of carbonyl (C=O) groups excluding carboxylic acids is 1. The molecule has 0 spiro atoms. The molecule has 0 saturated heterocycles. The molecule has 3 N–H and O–H groups in total. The number of fused-ring (bicyclic) bond motifs is 1. The van der Waals surface area contributed by atoms with E-state index in [1.54, 1.807) is 26.0 Å². The summed E-state index contributed by atoms with van der Waals surface area (Å²) in [4.78, 5) is 22.1. The van der Waals surface area contributed by atoms with Gasteiger partial charge in [-0.2, -0.15) is 4.98 Å². The molecule has 0 aliphatic heterocycles. The fourth-order valence-corrected chi connectivity index (χ4v) is 3.07. The van der Waals surface area contributed by atoms with Crippen molar-refractivity contribution in [3.8, 4) is 5.75 Å². The number of nitrogens with zero attached hydrogens (tertiary/aromatic N) is 2. The summed E-state index contributed by atoms with van der Waals surface area (Å²) in [5.41, 5.74) is 6.68. The highest BCUT2D eigenvalue weighted by atomic mass is 35.5. The van der Waals surface area contributed by atoms with Crippen LogP contribution in [0.3, 0.4) is 0 Å². The van der Waals surface area contributed by atoms with Crippen molar-refractivity contribution in [1.29, 1.82) is 0 Å². The number of carbonyl (C=O) groups is 1. The topological polar surface area (TPSA) is 105 Å². The molecule has 2 heterocycles. The fraction of sp³-hybridized carbons (Fsp3) is 0.350. The van der Waals surface area contributed by atoms with Crippen LogP contribution >= 0.6 is 11.6 Å². The van der Waals surface area contributed by atoms with Crippen LogP contribution in [0.15, 0.2) is 28.7 Å². The third kappa shape index (κ3) is 4.96. The number of ether oxygens (including phenoxy) is 2. The van der Waals surface area contributed by atoms with Crippen LogP contribution in [0.4, 0.5) is 5.82 Å². The number of rotatable bonds is 8. The van der Waals surface area contributed by atoms with E-state index in [9.17, 15) is 4.79 Å². The minimum Gasteiger partial charge on any atom is -0.488 e. The van der Waals surface area contributed by atoms with E-state index in [0.29, 0.717) is 40.9 Å². The molecule has 0 aliphatic rings. The van der Waals surface area contributed by atoms with E-state index in [1.165, 1.54) is 0 Å². The second-order valence-electron chi connectivity index (χ2n) is 6.65. The molecule has 0 aliphatic carbocycles. The van der Waals surface area contributed by atoms with Crippen LogP contribution in [0.1, 0.15) is 28.9 Å². The van der Waals surface area contributed by atoms with E-state index in [1.807, 2.05) is 19.2 Å². The minimum absolute atomic E-state index is 0.204. The van der Waals surface area contributed by atoms with E-state index in [-0.39, 0.29) is 18.0 Å². The lowest BCUT2D eigenvalue weighted by atomic mass is 10.2. The number of nitrogens with one attached hydrogen (secondary N) is 1. The molecule has 9 heteroatoms. The van der Waals surface area contributed by atoms with Gasteiger partial charge in [-0.1, -0.05) is 11.6 Å². The predicted octanol–water partition coefficient (Wildman–Crippen LogP) is 2.04. The number of aryl methyl sites for hydroxylation is 1. The molecule has 3 aromatic rings. The number of halogens is 1. The van der Waals surface area contributed by atoms with E-state index < -0.39 is 5.97 Å². The molecule has 154 valence electrons. The Balaban J connectivity index is 1.67. The number of nitrogen functional groups attached to an aromatic ring is 1. The number of aromatic nitrogens is 2. The smallest absolute Gasteiger partial charge is 0.342 e. The highest BCUT2D eigenvalue weighted by Gasteiger charge is 2.24. The lowest BCUT2D eigenvalue weighted by Gasteiger charge is -2.14. The molecule has 2 aromatic heterocycles. The van der Waals surface area contributed by atoms with Crippen LogP contribution in [0.2, 0.25) is 5.02 Å². The lowest BCUT2D eigenvalue weighted by Crippen LogP contribution is -3.08. The van der Waals surface area contributed by atoms with Crippen LogP contribution in [0.5, 0.6) is 5.75 Å². The van der Waals surface area contributed by atoms with E-state index in [2.05, 4.69) is 9.97 Å². The quantitative estimate of drug-likeness (QED) is 0.538. The van der Waals surface area contributed by atoms with Crippen molar-refractivity contribution in [1.82, 2.24) is 9.97 Å². The Morgan fingerprint density at radius 1 is 1.28 bits per heavy atom. The van der Waals surface area contributed by atoms with Crippen molar-refractivity contribution in [2.75, 3.05) is 32.5 Å². The zero-order valence-electron chi connectivity index (χ0n) is 16.6. The molecule has 0 amide bonds. The number of likely N-dealkylation sites (N-methyl/N-ethyl adjacent to an activating group) is 1. The molecule has 1 aromatic carbocycles. The SMILES string of the molecule is CCOC(=O)c1c(C)oc2nc(C[NH+](C)CCOc3ccc(Cl)cc3)nc(N)c12. The zero-order chi connectivity index (χ0) is 21.0. The molecule has 0 radical (unpaired) electrons. The fourth-order valence-electron chi connectivity index (χ4n) is 2.94. The molecular weight excluding hydrogens is 396 g/mol. The Morgan fingerprint density at radius 3 is 2.69 bits per heavy atom. The average molecular weight is 420 g/mol. The maximum atomic E-state index is 12.2. The number of hydrogen-bond donors (Lipinski definition) is 2. The molecule has 0 saturated carbocycles. The predicted molar refractivity (Wildman–Crippen MR) is 109 cm³/mol. The summed E-state index contributed by atoms with van der Waals surface area (Å²) in [6.07, 6.45) is 0. The van der Waals surface area contributed by atoms with E-state index in [4.69, 9.17) is 31.2 Å². The summed E-state index contributed by atoms with van der Waals surface area (Å²) >= 11 is 5.87. The summed E-state index contributed by atoms with van der Waals surface area (Å²) in [6.45, 7) is 5.46. The first-order valence-corrected chi connectivity index (χ1v) is 9.69. The Kier molecular flexibility index (Phi) is 6.56. The van der Waals surface area contributed by atoms with Crippen molar-refractivity contribution in [2.24, 2.45) is 0 Å². The van der Waals surface area contributed by atoms with Crippen LogP contribution < -0.4 is 15.4 Å². The van der Waals surface area contributed by atoms with Crippen LogP contribution in [-0.2, 0) is 11.3 Å².